The van der Waals surface area contributed by atoms with Gasteiger partial charge >= 0.3 is 5.97 Å². The second kappa shape index (κ2) is 6.36. The molecule has 0 amide bonds. The van der Waals surface area contributed by atoms with E-state index in [2.05, 4.69) is 37.9 Å². The smallest absolute Gasteiger partial charge is 0.326 e. The number of nitrogens with zero attached hydrogens (tertiary/aromatic N) is 2. The highest BCUT2D eigenvalue weighted by atomic mass is 32.1. The van der Waals surface area contributed by atoms with Crippen molar-refractivity contribution in [3.63, 3.8) is 0 Å². The van der Waals surface area contributed by atoms with E-state index < -0.39 is 12.0 Å². The Morgan fingerprint density at radius 2 is 1.85 bits per heavy atom. The van der Waals surface area contributed by atoms with E-state index >= 15 is 0 Å². The van der Waals surface area contributed by atoms with E-state index in [1.54, 1.807) is 0 Å². The first-order chi connectivity index (χ1) is 12.1. The van der Waals surface area contributed by atoms with E-state index in [-0.39, 0.29) is 11.0 Å². The Balaban J connectivity index is 2.23. The Morgan fingerprint density at radius 1 is 1.23 bits per heavy atom. The number of hydrogen-bond donors (Lipinski definition) is 1. The van der Waals surface area contributed by atoms with E-state index in [0.29, 0.717) is 10.2 Å². The van der Waals surface area contributed by atoms with Gasteiger partial charge in [-0.05, 0) is 30.4 Å². The molecule has 0 saturated carbocycles. The highest BCUT2D eigenvalue weighted by molar-refractivity contribution is 7.19. The molecule has 0 spiro atoms. The number of fused-ring (bicyclic) bond motifs is 1. The molecule has 0 aliphatic carbocycles. The van der Waals surface area contributed by atoms with Crippen LogP contribution in [0, 0.1) is 6.92 Å². The molecule has 26 heavy (non-hydrogen) atoms. The summed E-state index contributed by atoms with van der Waals surface area (Å²) in [6, 6.07) is 7.23. The molecule has 0 saturated heterocycles. The minimum atomic E-state index is -1.06. The van der Waals surface area contributed by atoms with Gasteiger partial charge in [0.1, 0.15) is 10.9 Å². The van der Waals surface area contributed by atoms with Crippen molar-refractivity contribution in [2.24, 2.45) is 0 Å². The number of aryl methyl sites for hydroxylation is 1. The molecule has 0 aliphatic heterocycles. The Hall–Kier alpha value is -2.47. The average Bonchev–Trinajstić information content (AvgIpc) is 2.90. The second-order valence-electron chi connectivity index (χ2n) is 7.51. The number of carboxylic acid groups (broad SMARTS) is 1. The Bertz CT molecular complexity index is 1040. The second-order valence-corrected chi connectivity index (χ2v) is 8.72. The number of benzene rings is 1. The van der Waals surface area contributed by atoms with Crippen molar-refractivity contribution in [3.05, 3.63) is 51.4 Å². The van der Waals surface area contributed by atoms with Gasteiger partial charge in [-0.3, -0.25) is 9.36 Å². The van der Waals surface area contributed by atoms with Crippen molar-refractivity contribution >= 4 is 27.5 Å². The predicted molar refractivity (Wildman–Crippen MR) is 105 cm³/mol. The van der Waals surface area contributed by atoms with Crippen LogP contribution in [0.15, 0.2) is 35.4 Å². The zero-order chi connectivity index (χ0) is 19.2. The third kappa shape index (κ3) is 3.05. The van der Waals surface area contributed by atoms with Crippen LogP contribution in [-0.2, 0) is 10.2 Å². The van der Waals surface area contributed by atoms with Crippen LogP contribution in [0.4, 0.5) is 0 Å². The van der Waals surface area contributed by atoms with E-state index in [1.165, 1.54) is 34.7 Å². The van der Waals surface area contributed by atoms with Crippen LogP contribution >= 0.6 is 11.3 Å². The summed E-state index contributed by atoms with van der Waals surface area (Å²) in [4.78, 5) is 30.2. The van der Waals surface area contributed by atoms with Gasteiger partial charge in [-0.15, -0.1) is 11.3 Å². The first-order valence-electron chi connectivity index (χ1n) is 8.45. The monoisotopic (exact) mass is 370 g/mol. The molecule has 1 aromatic carbocycles. The minimum Gasteiger partial charge on any atom is -0.480 e. The van der Waals surface area contributed by atoms with E-state index in [0.717, 1.165) is 16.0 Å². The lowest BCUT2D eigenvalue weighted by Gasteiger charge is -2.19. The summed E-state index contributed by atoms with van der Waals surface area (Å²) >= 11 is 1.45. The molecule has 5 nitrogen and oxygen atoms in total. The van der Waals surface area contributed by atoms with Crippen molar-refractivity contribution in [1.29, 1.82) is 0 Å². The Labute approximate surface area is 155 Å². The van der Waals surface area contributed by atoms with Crippen molar-refractivity contribution in [2.75, 3.05) is 0 Å². The van der Waals surface area contributed by atoms with Crippen molar-refractivity contribution in [2.45, 2.75) is 46.1 Å². The molecule has 1 unspecified atom stereocenters. The molecular weight excluding hydrogens is 348 g/mol. The van der Waals surface area contributed by atoms with Gasteiger partial charge in [0.05, 0.1) is 11.7 Å². The van der Waals surface area contributed by atoms with Crippen LogP contribution < -0.4 is 5.56 Å². The van der Waals surface area contributed by atoms with Gasteiger partial charge in [-0.2, -0.15) is 0 Å². The van der Waals surface area contributed by atoms with E-state index in [1.807, 2.05) is 19.1 Å². The maximum atomic E-state index is 13.0. The van der Waals surface area contributed by atoms with E-state index in [9.17, 15) is 14.7 Å². The lowest BCUT2D eigenvalue weighted by Crippen LogP contribution is -2.28. The summed E-state index contributed by atoms with van der Waals surface area (Å²) in [7, 11) is 0. The fraction of sp³-hybridized carbons (Fsp3) is 0.350. The van der Waals surface area contributed by atoms with Crippen LogP contribution in [-0.4, -0.2) is 20.6 Å². The molecule has 1 atom stereocenters. The topological polar surface area (TPSA) is 72.2 Å². The van der Waals surface area contributed by atoms with Crippen molar-refractivity contribution in [1.82, 2.24) is 9.55 Å². The molecule has 2 heterocycles. The molecule has 0 radical (unpaired) electrons. The van der Waals surface area contributed by atoms with Crippen LogP contribution in [0.2, 0.25) is 0 Å². The summed E-state index contributed by atoms with van der Waals surface area (Å²) < 4.78 is 1.18. The first kappa shape index (κ1) is 18.3. The molecule has 2 aromatic heterocycles. The summed E-state index contributed by atoms with van der Waals surface area (Å²) in [5, 5.41) is 9.74. The van der Waals surface area contributed by atoms with Crippen LogP contribution in [0.1, 0.15) is 44.2 Å². The van der Waals surface area contributed by atoms with Crippen LogP contribution in [0.3, 0.4) is 0 Å². The molecule has 3 rings (SSSR count). The number of carboxylic acids is 1. The van der Waals surface area contributed by atoms with Gasteiger partial charge < -0.3 is 5.11 Å². The third-order valence-corrected chi connectivity index (χ3v) is 5.64. The highest BCUT2D eigenvalue weighted by Crippen LogP contribution is 2.36. The number of hydrogen-bond acceptors (Lipinski definition) is 4. The molecule has 6 heteroatoms. The largest absolute Gasteiger partial charge is 0.480 e. The fourth-order valence-corrected chi connectivity index (χ4v) is 4.00. The Kier molecular flexibility index (Phi) is 4.48. The predicted octanol–water partition coefficient (Wildman–Crippen LogP) is 4.38. The zero-order valence-corrected chi connectivity index (χ0v) is 16.3. The number of rotatable bonds is 3. The summed E-state index contributed by atoms with van der Waals surface area (Å²) in [5.74, 6) is -1.06. The van der Waals surface area contributed by atoms with Crippen molar-refractivity contribution < 1.29 is 9.90 Å². The molecule has 0 aliphatic rings. The SMILES string of the molecule is Cc1sc2ncn(C(C)C(=O)O)c(=O)c2c1-c1ccc(C(C)(C)C)cc1. The van der Waals surface area contributed by atoms with Gasteiger partial charge in [-0.1, -0.05) is 45.0 Å². The Morgan fingerprint density at radius 3 is 2.38 bits per heavy atom. The lowest BCUT2D eigenvalue weighted by atomic mass is 9.86. The standard InChI is InChI=1S/C20H22N2O3S/c1-11(19(24)25)22-10-21-17-16(18(22)23)15(12(2)26-17)13-6-8-14(9-7-13)20(3,4)5/h6-11H,1-5H3,(H,24,25). The zero-order valence-electron chi connectivity index (χ0n) is 15.5. The van der Waals surface area contributed by atoms with E-state index in [4.69, 9.17) is 0 Å². The molecule has 1 N–H and O–H groups in total. The van der Waals surface area contributed by atoms with Crippen LogP contribution in [0.5, 0.6) is 0 Å². The maximum absolute atomic E-state index is 13.0. The lowest BCUT2D eigenvalue weighted by molar-refractivity contribution is -0.140. The van der Waals surface area contributed by atoms with Gasteiger partial charge in [0.2, 0.25) is 0 Å². The molecule has 136 valence electrons. The number of aromatic nitrogens is 2. The number of aliphatic carboxylic acids is 1. The van der Waals surface area contributed by atoms with Crippen molar-refractivity contribution in [3.8, 4) is 11.1 Å². The number of carbonyl (C=O) groups is 1. The average molecular weight is 370 g/mol. The maximum Gasteiger partial charge on any atom is 0.326 e. The van der Waals surface area contributed by atoms with Crippen LogP contribution in [0.25, 0.3) is 21.3 Å². The highest BCUT2D eigenvalue weighted by Gasteiger charge is 2.21. The van der Waals surface area contributed by atoms with Gasteiger partial charge in [0.15, 0.2) is 0 Å². The first-order valence-corrected chi connectivity index (χ1v) is 9.27. The van der Waals surface area contributed by atoms with Gasteiger partial charge in [0, 0.05) is 10.4 Å². The summed E-state index contributed by atoms with van der Waals surface area (Å²) in [6.07, 6.45) is 1.33. The summed E-state index contributed by atoms with van der Waals surface area (Å²) in [6.45, 7) is 9.91. The third-order valence-electron chi connectivity index (χ3n) is 4.63. The number of thiophene rings is 1. The quantitative estimate of drug-likeness (QED) is 0.743. The molecule has 0 bridgehead atoms. The van der Waals surface area contributed by atoms with Gasteiger partial charge in [-0.25, -0.2) is 9.78 Å². The van der Waals surface area contributed by atoms with Gasteiger partial charge in [0.25, 0.3) is 5.56 Å². The molecular formula is C20H22N2O3S. The minimum absolute atomic E-state index is 0.0511. The summed E-state index contributed by atoms with van der Waals surface area (Å²) in [5.41, 5.74) is 2.74. The fourth-order valence-electron chi connectivity index (χ4n) is 2.99. The normalized spacial score (nSPS) is 13.1. The molecule has 0 fully saturated rings. The molecule has 3 aromatic rings.